The van der Waals surface area contributed by atoms with Crippen molar-refractivity contribution in [2.24, 2.45) is 0 Å². The Hall–Kier alpha value is -2.96. The normalized spacial score (nSPS) is 19.7. The van der Waals surface area contributed by atoms with E-state index in [4.69, 9.17) is 0 Å². The van der Waals surface area contributed by atoms with Gasteiger partial charge in [0.05, 0.1) is 16.5 Å². The monoisotopic (exact) mass is 421 g/mol. The molecule has 5 nitrogen and oxygen atoms in total. The maximum absolute atomic E-state index is 13.7. The van der Waals surface area contributed by atoms with Gasteiger partial charge in [-0.1, -0.05) is 73.2 Å². The second kappa shape index (κ2) is 7.70. The lowest BCUT2D eigenvalue weighted by atomic mass is 9.95. The molecule has 0 unspecified atom stereocenters. The van der Waals surface area contributed by atoms with E-state index in [2.05, 4.69) is 0 Å². The molecular weight excluding hydrogens is 398 g/mol. The molecule has 0 aromatic heterocycles. The molecule has 0 radical (unpaired) electrons. The molecular formula is C24H23NO4S. The summed E-state index contributed by atoms with van der Waals surface area (Å²) in [5, 5.41) is 11.7. The van der Waals surface area contributed by atoms with Gasteiger partial charge in [-0.05, 0) is 41.8 Å². The van der Waals surface area contributed by atoms with E-state index in [0.29, 0.717) is 12.0 Å². The zero-order valence-electron chi connectivity index (χ0n) is 16.8. The minimum atomic E-state index is -3.93. The van der Waals surface area contributed by atoms with Crippen LogP contribution < -0.4 is 0 Å². The van der Waals surface area contributed by atoms with Gasteiger partial charge in [-0.25, -0.2) is 13.2 Å². The minimum Gasteiger partial charge on any atom is -0.478 e. The number of carbonyl (C=O) groups is 1. The van der Waals surface area contributed by atoms with Gasteiger partial charge in [0.15, 0.2) is 0 Å². The van der Waals surface area contributed by atoms with Gasteiger partial charge in [-0.2, -0.15) is 4.31 Å². The molecule has 3 aromatic rings. The molecule has 3 aromatic carbocycles. The molecule has 1 aliphatic rings. The second-order valence-corrected chi connectivity index (χ2v) is 9.36. The van der Waals surface area contributed by atoms with Crippen LogP contribution in [0.1, 0.15) is 30.5 Å². The molecule has 30 heavy (non-hydrogen) atoms. The number of fused-ring (bicyclic) bond motifs is 1. The Bertz CT molecular complexity index is 1240. The predicted octanol–water partition coefficient (Wildman–Crippen LogP) is 4.68. The Morgan fingerprint density at radius 2 is 1.67 bits per heavy atom. The van der Waals surface area contributed by atoms with Gasteiger partial charge in [0.2, 0.25) is 10.0 Å². The van der Waals surface area contributed by atoms with Crippen molar-refractivity contribution in [3.8, 4) is 0 Å². The topological polar surface area (TPSA) is 74.7 Å². The van der Waals surface area contributed by atoms with E-state index in [-0.39, 0.29) is 10.5 Å². The average molecular weight is 422 g/mol. The van der Waals surface area contributed by atoms with Crippen molar-refractivity contribution in [1.82, 2.24) is 4.31 Å². The van der Waals surface area contributed by atoms with Gasteiger partial charge in [-0.15, -0.1) is 0 Å². The van der Waals surface area contributed by atoms with Crippen molar-refractivity contribution in [2.75, 3.05) is 0 Å². The molecule has 1 aliphatic heterocycles. The first-order valence-electron chi connectivity index (χ1n) is 9.87. The third kappa shape index (κ3) is 3.32. The van der Waals surface area contributed by atoms with Crippen LogP contribution in [0.4, 0.5) is 0 Å². The molecule has 0 aliphatic carbocycles. The van der Waals surface area contributed by atoms with Gasteiger partial charge in [-0.3, -0.25) is 0 Å². The molecule has 0 saturated carbocycles. The molecule has 2 atom stereocenters. The van der Waals surface area contributed by atoms with E-state index in [0.717, 1.165) is 16.3 Å². The van der Waals surface area contributed by atoms with Crippen molar-refractivity contribution in [2.45, 2.75) is 37.2 Å². The Morgan fingerprint density at radius 1 is 1.00 bits per heavy atom. The molecule has 154 valence electrons. The van der Waals surface area contributed by atoms with Crippen molar-refractivity contribution in [1.29, 1.82) is 0 Å². The fourth-order valence-corrected chi connectivity index (χ4v) is 5.92. The van der Waals surface area contributed by atoms with Gasteiger partial charge in [0.1, 0.15) is 0 Å². The molecule has 4 rings (SSSR count). The molecule has 0 bridgehead atoms. The number of sulfonamides is 1. The number of carboxylic acid groups (broad SMARTS) is 1. The third-order valence-corrected chi connectivity index (χ3v) is 7.53. The van der Waals surface area contributed by atoms with Crippen LogP contribution in [-0.4, -0.2) is 29.8 Å². The summed E-state index contributed by atoms with van der Waals surface area (Å²) >= 11 is 0. The van der Waals surface area contributed by atoms with Crippen LogP contribution in [0.5, 0.6) is 0 Å². The average Bonchev–Trinajstić information content (AvgIpc) is 3.14. The highest BCUT2D eigenvalue weighted by atomic mass is 32.2. The van der Waals surface area contributed by atoms with Gasteiger partial charge in [0.25, 0.3) is 0 Å². The highest BCUT2D eigenvalue weighted by Crippen LogP contribution is 2.43. The summed E-state index contributed by atoms with van der Waals surface area (Å²) in [5.41, 5.74) is 1.72. The molecule has 6 heteroatoms. The quantitative estimate of drug-likeness (QED) is 0.649. The molecule has 0 spiro atoms. The lowest BCUT2D eigenvalue weighted by Crippen LogP contribution is -2.38. The van der Waals surface area contributed by atoms with Crippen LogP contribution in [0.15, 0.2) is 83.3 Å². The number of nitrogens with zero attached hydrogens (tertiary/aromatic N) is 1. The molecule has 0 amide bonds. The Balaban J connectivity index is 1.95. The van der Waals surface area contributed by atoms with E-state index >= 15 is 0 Å². The lowest BCUT2D eigenvalue weighted by molar-refractivity contribution is -0.133. The smallest absolute Gasteiger partial charge is 0.333 e. The van der Waals surface area contributed by atoms with Gasteiger partial charge < -0.3 is 5.11 Å². The number of hydrogen-bond donors (Lipinski definition) is 1. The fourth-order valence-electron chi connectivity index (χ4n) is 4.13. The highest BCUT2D eigenvalue weighted by Gasteiger charge is 2.45. The predicted molar refractivity (Wildman–Crippen MR) is 117 cm³/mol. The Labute approximate surface area is 176 Å². The number of benzene rings is 3. The van der Waals surface area contributed by atoms with Crippen LogP contribution in [0.2, 0.25) is 0 Å². The Kier molecular flexibility index (Phi) is 5.22. The number of rotatable bonds is 5. The lowest BCUT2D eigenvalue weighted by Gasteiger charge is -2.31. The van der Waals surface area contributed by atoms with Crippen LogP contribution >= 0.6 is 0 Å². The summed E-state index contributed by atoms with van der Waals surface area (Å²) in [5.74, 6) is -1.10. The van der Waals surface area contributed by atoms with E-state index in [1.807, 2.05) is 56.3 Å². The van der Waals surface area contributed by atoms with E-state index < -0.39 is 28.1 Å². The van der Waals surface area contributed by atoms with E-state index in [1.165, 1.54) is 4.31 Å². The van der Waals surface area contributed by atoms with Crippen LogP contribution in [0, 0.1) is 6.92 Å². The van der Waals surface area contributed by atoms with Gasteiger partial charge >= 0.3 is 5.97 Å². The zero-order valence-corrected chi connectivity index (χ0v) is 17.6. The number of hydrogen-bond acceptors (Lipinski definition) is 3. The maximum Gasteiger partial charge on any atom is 0.333 e. The molecule has 1 N–H and O–H groups in total. The van der Waals surface area contributed by atoms with E-state index in [9.17, 15) is 18.3 Å². The van der Waals surface area contributed by atoms with Crippen molar-refractivity contribution < 1.29 is 18.3 Å². The first-order chi connectivity index (χ1) is 14.3. The second-order valence-electron chi connectivity index (χ2n) is 7.52. The summed E-state index contributed by atoms with van der Waals surface area (Å²) < 4.78 is 28.8. The summed E-state index contributed by atoms with van der Waals surface area (Å²) in [4.78, 5) is 12.3. The number of aliphatic carboxylic acids is 1. The standard InChI is InChI=1S/C24H23NO4S/c1-3-18-15-22(24(26)27)23(21-10-6-8-17-7-4-5-9-20(17)21)25(18)30(28,29)19-13-11-16(2)12-14-19/h4-15,18,23H,3H2,1-2H3,(H,26,27)/t18-,23+/m0/s1. The Morgan fingerprint density at radius 3 is 2.33 bits per heavy atom. The molecule has 1 heterocycles. The fraction of sp³-hybridized carbons (Fsp3) is 0.208. The summed E-state index contributed by atoms with van der Waals surface area (Å²) in [6.45, 7) is 3.76. The highest BCUT2D eigenvalue weighted by molar-refractivity contribution is 7.89. The van der Waals surface area contributed by atoms with Crippen LogP contribution in [0.3, 0.4) is 0 Å². The summed E-state index contributed by atoms with van der Waals surface area (Å²) in [7, 11) is -3.93. The van der Waals surface area contributed by atoms with Crippen LogP contribution in [-0.2, 0) is 14.8 Å². The molecule has 0 saturated heterocycles. The largest absolute Gasteiger partial charge is 0.478 e. The first kappa shape index (κ1) is 20.3. The van der Waals surface area contributed by atoms with E-state index in [1.54, 1.807) is 30.3 Å². The summed E-state index contributed by atoms with van der Waals surface area (Å²) in [6, 6.07) is 18.5. The van der Waals surface area contributed by atoms with Crippen LogP contribution in [0.25, 0.3) is 10.8 Å². The SMILES string of the molecule is CC[C@H]1C=C(C(=O)O)[C@@H](c2cccc3ccccc23)N1S(=O)(=O)c1ccc(C)cc1. The zero-order chi connectivity index (χ0) is 21.5. The summed E-state index contributed by atoms with van der Waals surface area (Å²) in [6.07, 6.45) is 2.06. The number of carboxylic acids is 1. The minimum absolute atomic E-state index is 0.0916. The van der Waals surface area contributed by atoms with Crippen molar-refractivity contribution >= 4 is 26.8 Å². The van der Waals surface area contributed by atoms with Gasteiger partial charge in [0, 0.05) is 6.04 Å². The molecule has 0 fully saturated rings. The van der Waals surface area contributed by atoms with Crippen molar-refractivity contribution in [3.63, 3.8) is 0 Å². The third-order valence-electron chi connectivity index (χ3n) is 5.63. The number of aryl methyl sites for hydroxylation is 1. The first-order valence-corrected chi connectivity index (χ1v) is 11.3. The maximum atomic E-state index is 13.7. The van der Waals surface area contributed by atoms with Crippen molar-refractivity contribution in [3.05, 3.63) is 89.5 Å².